The second kappa shape index (κ2) is 12.3. The van der Waals surface area contributed by atoms with Gasteiger partial charge in [0.05, 0.1) is 25.9 Å². The number of hydrogen-bond donors (Lipinski definition) is 2. The van der Waals surface area contributed by atoms with Crippen LogP contribution in [0.25, 0.3) is 0 Å². The Kier molecular flexibility index (Phi) is 9.76. The standard InChI is InChI=1S/C21H31N3O5/c1-24(2)11-10-22-21(27)19(25)18-9-5-6-12-28-13-14-29-15-16-7-3-4-8-17(16)20(26)23-18/h3-4,7-8,18H,5-6,9-15H2,1-2H3,(H,22,27)(H,23,26). The van der Waals surface area contributed by atoms with Gasteiger partial charge in [-0.05, 0) is 45.0 Å². The average molecular weight is 405 g/mol. The molecule has 0 radical (unpaired) electrons. The Morgan fingerprint density at radius 1 is 1.14 bits per heavy atom. The Morgan fingerprint density at radius 3 is 2.69 bits per heavy atom. The highest BCUT2D eigenvalue weighted by atomic mass is 16.5. The lowest BCUT2D eigenvalue weighted by Gasteiger charge is -2.19. The lowest BCUT2D eigenvalue weighted by molar-refractivity contribution is -0.139. The van der Waals surface area contributed by atoms with Crippen molar-refractivity contribution in [2.75, 3.05) is 47.0 Å². The minimum absolute atomic E-state index is 0.274. The predicted molar refractivity (Wildman–Crippen MR) is 109 cm³/mol. The molecule has 2 N–H and O–H groups in total. The van der Waals surface area contributed by atoms with E-state index in [1.807, 2.05) is 31.1 Å². The van der Waals surface area contributed by atoms with Gasteiger partial charge in [-0.3, -0.25) is 14.4 Å². The van der Waals surface area contributed by atoms with E-state index in [1.54, 1.807) is 12.1 Å². The van der Waals surface area contributed by atoms with Crippen molar-refractivity contribution in [3.8, 4) is 0 Å². The van der Waals surface area contributed by atoms with Crippen LogP contribution in [0, 0.1) is 0 Å². The summed E-state index contributed by atoms with van der Waals surface area (Å²) in [7, 11) is 3.77. The zero-order valence-electron chi connectivity index (χ0n) is 17.2. The monoisotopic (exact) mass is 405 g/mol. The number of likely N-dealkylation sites (N-methyl/N-ethyl adjacent to an activating group) is 1. The van der Waals surface area contributed by atoms with Crippen LogP contribution in [0.1, 0.15) is 35.2 Å². The fourth-order valence-electron chi connectivity index (χ4n) is 2.97. The molecule has 0 saturated heterocycles. The maximum atomic E-state index is 12.8. The molecule has 1 heterocycles. The van der Waals surface area contributed by atoms with Gasteiger partial charge in [-0.2, -0.15) is 0 Å². The Hall–Kier alpha value is -2.29. The van der Waals surface area contributed by atoms with Crippen LogP contribution in [-0.2, 0) is 25.7 Å². The van der Waals surface area contributed by atoms with Crippen LogP contribution in [0.15, 0.2) is 24.3 Å². The Morgan fingerprint density at radius 2 is 1.90 bits per heavy atom. The summed E-state index contributed by atoms with van der Waals surface area (Å²) in [6.07, 6.45) is 1.77. The highest BCUT2D eigenvalue weighted by molar-refractivity contribution is 6.38. The minimum Gasteiger partial charge on any atom is -0.379 e. The van der Waals surface area contributed by atoms with E-state index < -0.39 is 17.7 Å². The van der Waals surface area contributed by atoms with E-state index >= 15 is 0 Å². The molecule has 1 aliphatic rings. The minimum atomic E-state index is -0.876. The number of ketones is 1. The fraction of sp³-hybridized carbons (Fsp3) is 0.571. The van der Waals surface area contributed by atoms with Gasteiger partial charge in [0, 0.05) is 25.3 Å². The molecule has 1 aromatic carbocycles. The van der Waals surface area contributed by atoms with E-state index in [2.05, 4.69) is 10.6 Å². The molecule has 2 amide bonds. The van der Waals surface area contributed by atoms with Crippen molar-refractivity contribution in [3.05, 3.63) is 35.4 Å². The van der Waals surface area contributed by atoms with Crippen molar-refractivity contribution < 1.29 is 23.9 Å². The first-order valence-electron chi connectivity index (χ1n) is 10.00. The molecule has 8 nitrogen and oxygen atoms in total. The molecule has 0 bridgehead atoms. The van der Waals surface area contributed by atoms with E-state index in [-0.39, 0.29) is 12.5 Å². The molecule has 0 aliphatic carbocycles. The van der Waals surface area contributed by atoms with Crippen molar-refractivity contribution in [3.63, 3.8) is 0 Å². The van der Waals surface area contributed by atoms with Crippen molar-refractivity contribution in [1.29, 1.82) is 0 Å². The lowest BCUT2D eigenvalue weighted by atomic mass is 10.0. The Labute approximate surface area is 171 Å². The number of fused-ring (bicyclic) bond motifs is 1. The third-order valence-corrected chi connectivity index (χ3v) is 4.61. The molecule has 1 unspecified atom stereocenters. The van der Waals surface area contributed by atoms with E-state index in [4.69, 9.17) is 9.47 Å². The number of nitrogens with zero attached hydrogens (tertiary/aromatic N) is 1. The quantitative estimate of drug-likeness (QED) is 0.702. The maximum absolute atomic E-state index is 12.8. The molecule has 0 aromatic heterocycles. The SMILES string of the molecule is CN(C)CCNC(=O)C(=O)C1CCCCOCCOCc2ccccc2C(=O)N1. The molecular weight excluding hydrogens is 374 g/mol. The van der Waals surface area contributed by atoms with Gasteiger partial charge in [-0.25, -0.2) is 0 Å². The van der Waals surface area contributed by atoms with E-state index in [0.717, 1.165) is 12.0 Å². The van der Waals surface area contributed by atoms with Gasteiger partial charge in [-0.1, -0.05) is 18.2 Å². The van der Waals surface area contributed by atoms with Crippen LogP contribution in [-0.4, -0.2) is 75.5 Å². The van der Waals surface area contributed by atoms with Gasteiger partial charge < -0.3 is 25.0 Å². The summed E-state index contributed by atoms with van der Waals surface area (Å²) in [5, 5.41) is 5.37. The van der Waals surface area contributed by atoms with Crippen LogP contribution in [0.3, 0.4) is 0 Å². The molecule has 2 rings (SSSR count). The number of Topliss-reactive ketones (excluding diaryl/α,β-unsaturated/α-hetero) is 1. The molecule has 1 aliphatic heterocycles. The van der Waals surface area contributed by atoms with Crippen LogP contribution < -0.4 is 10.6 Å². The van der Waals surface area contributed by atoms with Crippen LogP contribution in [0.4, 0.5) is 0 Å². The van der Waals surface area contributed by atoms with E-state index in [9.17, 15) is 14.4 Å². The molecule has 8 heteroatoms. The zero-order chi connectivity index (χ0) is 21.1. The molecule has 29 heavy (non-hydrogen) atoms. The summed E-state index contributed by atoms with van der Waals surface area (Å²) >= 11 is 0. The lowest BCUT2D eigenvalue weighted by Crippen LogP contribution is -2.48. The number of rotatable bonds is 5. The summed E-state index contributed by atoms with van der Waals surface area (Å²) in [5.41, 5.74) is 1.17. The molecule has 1 aromatic rings. The van der Waals surface area contributed by atoms with Crippen molar-refractivity contribution in [2.45, 2.75) is 31.9 Å². The molecule has 0 spiro atoms. The van der Waals surface area contributed by atoms with Gasteiger partial charge in [0.1, 0.15) is 0 Å². The van der Waals surface area contributed by atoms with Crippen molar-refractivity contribution in [2.24, 2.45) is 0 Å². The van der Waals surface area contributed by atoms with Crippen LogP contribution in [0.5, 0.6) is 0 Å². The van der Waals surface area contributed by atoms with Gasteiger partial charge in [0.15, 0.2) is 0 Å². The molecular formula is C21H31N3O5. The molecule has 160 valence electrons. The number of carbonyl (C=O) groups excluding carboxylic acids is 3. The first kappa shape index (κ1) is 23.0. The first-order chi connectivity index (χ1) is 14.0. The van der Waals surface area contributed by atoms with Crippen molar-refractivity contribution in [1.82, 2.24) is 15.5 Å². The summed E-state index contributed by atoms with van der Waals surface area (Å²) in [6.45, 7) is 2.74. The summed E-state index contributed by atoms with van der Waals surface area (Å²) in [5.74, 6) is -1.68. The number of ether oxygens (including phenoxy) is 2. The zero-order valence-corrected chi connectivity index (χ0v) is 17.2. The van der Waals surface area contributed by atoms with Gasteiger partial charge >= 0.3 is 0 Å². The summed E-state index contributed by atoms with van der Waals surface area (Å²) in [4.78, 5) is 39.7. The van der Waals surface area contributed by atoms with Crippen molar-refractivity contribution >= 4 is 17.6 Å². The van der Waals surface area contributed by atoms with E-state index in [0.29, 0.717) is 51.3 Å². The summed E-state index contributed by atoms with van der Waals surface area (Å²) in [6, 6.07) is 6.21. The summed E-state index contributed by atoms with van der Waals surface area (Å²) < 4.78 is 11.1. The topological polar surface area (TPSA) is 97.0 Å². The van der Waals surface area contributed by atoms with Gasteiger partial charge in [0.2, 0.25) is 5.78 Å². The van der Waals surface area contributed by atoms with Gasteiger partial charge in [-0.15, -0.1) is 0 Å². The molecule has 1 atom stereocenters. The fourth-order valence-corrected chi connectivity index (χ4v) is 2.97. The molecule has 0 fully saturated rings. The highest BCUT2D eigenvalue weighted by Gasteiger charge is 2.27. The maximum Gasteiger partial charge on any atom is 0.289 e. The van der Waals surface area contributed by atoms with Crippen LogP contribution >= 0.6 is 0 Å². The van der Waals surface area contributed by atoms with Crippen LogP contribution in [0.2, 0.25) is 0 Å². The van der Waals surface area contributed by atoms with E-state index in [1.165, 1.54) is 0 Å². The Bertz CT molecular complexity index is 693. The average Bonchev–Trinajstić information content (AvgIpc) is 2.70. The van der Waals surface area contributed by atoms with Gasteiger partial charge in [0.25, 0.3) is 11.8 Å². The normalized spacial score (nSPS) is 19.0. The number of amides is 2. The number of carbonyl (C=O) groups is 3. The number of benzene rings is 1. The molecule has 0 saturated carbocycles. The largest absolute Gasteiger partial charge is 0.379 e. The second-order valence-electron chi connectivity index (χ2n) is 7.27. The predicted octanol–water partition coefficient (Wildman–Crippen LogP) is 0.749. The Balaban J connectivity index is 2.11. The highest BCUT2D eigenvalue weighted by Crippen LogP contribution is 2.12. The third kappa shape index (κ3) is 7.92. The smallest absolute Gasteiger partial charge is 0.289 e. The second-order valence-corrected chi connectivity index (χ2v) is 7.27. The number of hydrogen-bond acceptors (Lipinski definition) is 6. The third-order valence-electron chi connectivity index (χ3n) is 4.61. The number of nitrogens with one attached hydrogen (secondary N) is 2. The first-order valence-corrected chi connectivity index (χ1v) is 10.00.